The lowest BCUT2D eigenvalue weighted by molar-refractivity contribution is -0.142. The summed E-state index contributed by atoms with van der Waals surface area (Å²) in [5.41, 5.74) is -1.46. The summed E-state index contributed by atoms with van der Waals surface area (Å²) >= 11 is 0. The third-order valence-electron chi connectivity index (χ3n) is 7.45. The average Bonchev–Trinajstić information content (AvgIpc) is 3.42. The van der Waals surface area contributed by atoms with Gasteiger partial charge in [0.05, 0.1) is 17.2 Å². The number of anilines is 1. The fourth-order valence-corrected chi connectivity index (χ4v) is 5.08. The number of carbonyl (C=O) groups is 2. The molecule has 172 valence electrons. The molecule has 1 unspecified atom stereocenters. The molecule has 9 heteroatoms. The third kappa shape index (κ3) is 3.91. The Morgan fingerprint density at radius 2 is 1.84 bits per heavy atom. The first kappa shape index (κ1) is 22.4. The highest BCUT2D eigenvalue weighted by molar-refractivity contribution is 5.92. The number of nitrogens with zero attached hydrogens (tertiary/aromatic N) is 3. The highest BCUT2D eigenvalue weighted by atomic mass is 19.4. The molecule has 1 aliphatic carbocycles. The second-order valence-electron chi connectivity index (χ2n) is 9.65. The van der Waals surface area contributed by atoms with E-state index in [-0.39, 0.29) is 28.2 Å². The Morgan fingerprint density at radius 3 is 2.38 bits per heavy atom. The highest BCUT2D eigenvalue weighted by Crippen LogP contribution is 2.51. The quantitative estimate of drug-likeness (QED) is 0.770. The molecule has 2 aliphatic heterocycles. The number of likely N-dealkylation sites (tertiary alicyclic amines) is 1. The number of benzene rings is 1. The van der Waals surface area contributed by atoms with Crippen molar-refractivity contribution in [3.8, 4) is 6.07 Å². The standard InChI is InChI=1S/C23H27F3N4O2/c1-21(5-6-21)20(32)30-14-22(12-18(30)19(31)28-2)7-9-29(10-8-22)16-4-3-15(13-27)17(11-16)23(24,25)26/h3-4,11,18H,5-10,12,14H2,1-2H3,(H,28,31). The van der Waals surface area contributed by atoms with E-state index in [0.29, 0.717) is 44.6 Å². The van der Waals surface area contributed by atoms with Crippen molar-refractivity contribution >= 4 is 17.5 Å². The maximum Gasteiger partial charge on any atom is 0.417 e. The summed E-state index contributed by atoms with van der Waals surface area (Å²) in [5.74, 6) is -0.129. The van der Waals surface area contributed by atoms with Crippen LogP contribution in [0.3, 0.4) is 0 Å². The number of hydrogen-bond donors (Lipinski definition) is 1. The maximum absolute atomic E-state index is 13.4. The Labute approximate surface area is 185 Å². The van der Waals surface area contributed by atoms with Crippen molar-refractivity contribution in [1.29, 1.82) is 5.26 Å². The number of carbonyl (C=O) groups excluding carboxylic acids is 2. The predicted molar refractivity (Wildman–Crippen MR) is 112 cm³/mol. The number of amides is 2. The highest BCUT2D eigenvalue weighted by Gasteiger charge is 2.55. The topological polar surface area (TPSA) is 76.4 Å². The Morgan fingerprint density at radius 1 is 1.19 bits per heavy atom. The van der Waals surface area contributed by atoms with Crippen molar-refractivity contribution in [3.63, 3.8) is 0 Å². The lowest BCUT2D eigenvalue weighted by Gasteiger charge is -2.40. The minimum absolute atomic E-state index is 0.0346. The molecule has 1 aromatic carbocycles. The minimum atomic E-state index is -4.59. The Balaban J connectivity index is 1.51. The molecule has 4 rings (SSSR count). The van der Waals surface area contributed by atoms with E-state index in [4.69, 9.17) is 5.26 Å². The molecule has 3 aliphatic rings. The van der Waals surface area contributed by atoms with Crippen molar-refractivity contribution in [2.24, 2.45) is 10.8 Å². The number of piperidine rings is 1. The van der Waals surface area contributed by atoms with Crippen LogP contribution in [0.25, 0.3) is 0 Å². The summed E-state index contributed by atoms with van der Waals surface area (Å²) in [6.07, 6.45) is -0.980. The van der Waals surface area contributed by atoms with Gasteiger partial charge in [-0.1, -0.05) is 6.92 Å². The first-order chi connectivity index (χ1) is 15.0. The van der Waals surface area contributed by atoms with E-state index in [9.17, 15) is 22.8 Å². The van der Waals surface area contributed by atoms with Gasteiger partial charge in [0.25, 0.3) is 0 Å². The summed E-state index contributed by atoms with van der Waals surface area (Å²) in [4.78, 5) is 29.2. The van der Waals surface area contributed by atoms with Crippen molar-refractivity contribution in [2.75, 3.05) is 31.6 Å². The smallest absolute Gasteiger partial charge is 0.371 e. The summed E-state index contributed by atoms with van der Waals surface area (Å²) < 4.78 is 40.1. The number of halogens is 3. The zero-order valence-electron chi connectivity index (χ0n) is 18.3. The molecule has 2 saturated heterocycles. The fraction of sp³-hybridized carbons (Fsp3) is 0.609. The van der Waals surface area contributed by atoms with Gasteiger partial charge in [-0.05, 0) is 55.7 Å². The third-order valence-corrected chi connectivity index (χ3v) is 7.45. The molecule has 1 aromatic rings. The van der Waals surface area contributed by atoms with Gasteiger partial charge in [-0.3, -0.25) is 9.59 Å². The van der Waals surface area contributed by atoms with Crippen LogP contribution in [0.15, 0.2) is 18.2 Å². The molecule has 0 bridgehead atoms. The van der Waals surface area contributed by atoms with Crippen LogP contribution >= 0.6 is 0 Å². The maximum atomic E-state index is 13.4. The van der Waals surface area contributed by atoms with E-state index < -0.39 is 17.8 Å². The molecular weight excluding hydrogens is 421 g/mol. The number of likely N-dealkylation sites (N-methyl/N-ethyl adjacent to an activating group) is 1. The van der Waals surface area contributed by atoms with E-state index in [1.165, 1.54) is 6.07 Å². The second-order valence-corrected chi connectivity index (χ2v) is 9.65. The van der Waals surface area contributed by atoms with Gasteiger partial charge < -0.3 is 15.1 Å². The van der Waals surface area contributed by atoms with Crippen LogP contribution in [0.2, 0.25) is 0 Å². The Hall–Kier alpha value is -2.76. The molecule has 2 amide bonds. The number of nitriles is 1. The van der Waals surface area contributed by atoms with Gasteiger partial charge in [0.15, 0.2) is 0 Å². The summed E-state index contributed by atoms with van der Waals surface area (Å²) in [6, 6.07) is 4.93. The number of nitrogens with one attached hydrogen (secondary N) is 1. The second kappa shape index (κ2) is 7.68. The van der Waals surface area contributed by atoms with E-state index in [1.54, 1.807) is 24.1 Å². The molecule has 0 radical (unpaired) electrons. The van der Waals surface area contributed by atoms with Gasteiger partial charge in [-0.2, -0.15) is 18.4 Å². The Kier molecular flexibility index (Phi) is 5.38. The van der Waals surface area contributed by atoms with Crippen LogP contribution < -0.4 is 10.2 Å². The number of hydrogen-bond acceptors (Lipinski definition) is 4. The zero-order chi connectivity index (χ0) is 23.3. The van der Waals surface area contributed by atoms with Gasteiger partial charge in [-0.25, -0.2) is 0 Å². The number of rotatable bonds is 3. The minimum Gasteiger partial charge on any atom is -0.371 e. The predicted octanol–water partition coefficient (Wildman–Crippen LogP) is 3.31. The molecular formula is C23H27F3N4O2. The molecule has 6 nitrogen and oxygen atoms in total. The van der Waals surface area contributed by atoms with Crippen molar-refractivity contribution in [1.82, 2.24) is 10.2 Å². The van der Waals surface area contributed by atoms with Gasteiger partial charge in [0, 0.05) is 37.8 Å². The average molecular weight is 448 g/mol. The van der Waals surface area contributed by atoms with Crippen molar-refractivity contribution in [2.45, 2.75) is 51.2 Å². The van der Waals surface area contributed by atoms with Gasteiger partial charge in [0.1, 0.15) is 6.04 Å². The summed E-state index contributed by atoms with van der Waals surface area (Å²) in [7, 11) is 1.57. The van der Waals surface area contributed by atoms with E-state index in [2.05, 4.69) is 5.32 Å². The first-order valence-electron chi connectivity index (χ1n) is 10.9. The monoisotopic (exact) mass is 448 g/mol. The zero-order valence-corrected chi connectivity index (χ0v) is 18.3. The number of alkyl halides is 3. The Bertz CT molecular complexity index is 972. The molecule has 1 saturated carbocycles. The molecule has 1 atom stereocenters. The molecule has 0 aromatic heterocycles. The van der Waals surface area contributed by atoms with E-state index in [1.807, 2.05) is 11.8 Å². The molecule has 3 fully saturated rings. The van der Waals surface area contributed by atoms with Crippen molar-refractivity contribution in [3.05, 3.63) is 29.3 Å². The summed E-state index contributed by atoms with van der Waals surface area (Å²) in [6.45, 7) is 3.51. The SMILES string of the molecule is CNC(=O)C1CC2(CCN(c3ccc(C#N)c(C(F)(F)F)c3)CC2)CN1C(=O)C1(C)CC1. The van der Waals surface area contributed by atoms with Crippen LogP contribution in [0, 0.1) is 22.2 Å². The van der Waals surface area contributed by atoms with Gasteiger partial charge >= 0.3 is 6.18 Å². The lowest BCUT2D eigenvalue weighted by atomic mass is 9.76. The molecule has 2 heterocycles. The normalized spacial score (nSPS) is 23.7. The largest absolute Gasteiger partial charge is 0.417 e. The lowest BCUT2D eigenvalue weighted by Crippen LogP contribution is -2.47. The molecule has 32 heavy (non-hydrogen) atoms. The first-order valence-corrected chi connectivity index (χ1v) is 10.9. The molecule has 1 N–H and O–H groups in total. The van der Waals surface area contributed by atoms with E-state index >= 15 is 0 Å². The van der Waals surface area contributed by atoms with Crippen LogP contribution in [-0.2, 0) is 15.8 Å². The van der Waals surface area contributed by atoms with Crippen molar-refractivity contribution < 1.29 is 22.8 Å². The van der Waals surface area contributed by atoms with Crippen LogP contribution in [0.5, 0.6) is 0 Å². The van der Waals surface area contributed by atoms with Crippen LogP contribution in [-0.4, -0.2) is 49.4 Å². The van der Waals surface area contributed by atoms with Gasteiger partial charge in [-0.15, -0.1) is 0 Å². The van der Waals surface area contributed by atoms with E-state index in [0.717, 1.165) is 18.9 Å². The van der Waals surface area contributed by atoms with Gasteiger partial charge in [0.2, 0.25) is 11.8 Å². The van der Waals surface area contributed by atoms with Crippen LogP contribution in [0.1, 0.15) is 50.2 Å². The summed E-state index contributed by atoms with van der Waals surface area (Å²) in [5, 5.41) is 11.7. The fourth-order valence-electron chi connectivity index (χ4n) is 5.08. The molecule has 1 spiro atoms. The van der Waals surface area contributed by atoms with Crippen LogP contribution in [0.4, 0.5) is 18.9 Å².